The molecule has 27 heavy (non-hydrogen) atoms. The van der Waals surface area contributed by atoms with Gasteiger partial charge in [-0.3, -0.25) is 9.59 Å². The Hall–Kier alpha value is -2.27. The van der Waals surface area contributed by atoms with Gasteiger partial charge in [0.2, 0.25) is 5.91 Å². The van der Waals surface area contributed by atoms with Crippen LogP contribution in [-0.4, -0.2) is 29.5 Å². The number of hydrogen-bond acceptors (Lipinski definition) is 4. The topological polar surface area (TPSA) is 102 Å². The Bertz CT molecular complexity index is 875. The van der Waals surface area contributed by atoms with Crippen LogP contribution in [0.5, 0.6) is 5.75 Å². The van der Waals surface area contributed by atoms with E-state index in [0.29, 0.717) is 11.1 Å². The lowest BCUT2D eigenvalue weighted by atomic mass is 10.0. The molecule has 0 saturated heterocycles. The summed E-state index contributed by atoms with van der Waals surface area (Å²) in [7, 11) is 0. The van der Waals surface area contributed by atoms with Gasteiger partial charge in [-0.2, -0.15) is 5.26 Å². The second kappa shape index (κ2) is 9.60. The Morgan fingerprint density at radius 2 is 1.78 bits per heavy atom. The molecule has 0 bridgehead atoms. The van der Waals surface area contributed by atoms with Gasteiger partial charge in [-0.1, -0.05) is 39.1 Å². The molecule has 0 saturated carbocycles. The van der Waals surface area contributed by atoms with Crippen molar-refractivity contribution in [1.29, 1.82) is 5.26 Å². The maximum Gasteiger partial charge on any atom is 0.251 e. The zero-order valence-corrected chi connectivity index (χ0v) is 16.9. The van der Waals surface area contributed by atoms with Crippen LogP contribution in [0.2, 0.25) is 10.0 Å². The Kier molecular flexibility index (Phi) is 7.48. The van der Waals surface area contributed by atoms with Crippen LogP contribution in [0.25, 0.3) is 0 Å². The summed E-state index contributed by atoms with van der Waals surface area (Å²) in [4.78, 5) is 24.8. The molecule has 0 spiro atoms. The Balaban J connectivity index is 2.23. The second-order valence-electron chi connectivity index (χ2n) is 5.52. The zero-order valence-electron chi connectivity index (χ0n) is 13.8. The molecule has 2 aromatic rings. The number of carbonyl (C=O) groups is 2. The van der Waals surface area contributed by atoms with Crippen LogP contribution >= 0.6 is 39.1 Å². The van der Waals surface area contributed by atoms with Crippen molar-refractivity contribution in [1.82, 2.24) is 10.6 Å². The summed E-state index contributed by atoms with van der Waals surface area (Å²) < 4.78 is 0.816. The van der Waals surface area contributed by atoms with Gasteiger partial charge in [0.25, 0.3) is 5.91 Å². The Morgan fingerprint density at radius 1 is 1.19 bits per heavy atom. The van der Waals surface area contributed by atoms with Crippen LogP contribution in [0.3, 0.4) is 0 Å². The molecule has 2 aromatic carbocycles. The van der Waals surface area contributed by atoms with Gasteiger partial charge in [0.1, 0.15) is 12.6 Å². The standard InChI is InChI=1S/C18H14BrCl2N3O3/c19-12-3-1-11(2-4-12)17(26)24-15(18(27)23-6-5-22)9-10-7-13(20)16(25)14(21)8-10/h1-4,7-8,15,25H,6,9H2,(H,23,27)(H,24,26)/t15-/m0/s1. The Labute approximate surface area is 174 Å². The van der Waals surface area contributed by atoms with Gasteiger partial charge in [-0.15, -0.1) is 0 Å². The van der Waals surface area contributed by atoms with Crippen molar-refractivity contribution >= 4 is 50.9 Å². The number of rotatable bonds is 6. The minimum absolute atomic E-state index is 0.0351. The predicted molar refractivity (Wildman–Crippen MR) is 106 cm³/mol. The van der Waals surface area contributed by atoms with Crippen LogP contribution in [0.1, 0.15) is 15.9 Å². The van der Waals surface area contributed by atoms with Crippen LogP contribution in [0.4, 0.5) is 0 Å². The molecule has 0 unspecified atom stereocenters. The van der Waals surface area contributed by atoms with E-state index in [1.807, 2.05) is 6.07 Å². The fourth-order valence-electron chi connectivity index (χ4n) is 2.27. The maximum absolute atomic E-state index is 12.5. The number of aromatic hydroxyl groups is 1. The largest absolute Gasteiger partial charge is 0.505 e. The van der Waals surface area contributed by atoms with Crippen molar-refractivity contribution in [2.24, 2.45) is 0 Å². The molecular formula is C18H14BrCl2N3O3. The lowest BCUT2D eigenvalue weighted by molar-refractivity contribution is -0.122. The highest BCUT2D eigenvalue weighted by Crippen LogP contribution is 2.33. The highest BCUT2D eigenvalue weighted by Gasteiger charge is 2.22. The van der Waals surface area contributed by atoms with Crippen molar-refractivity contribution in [3.05, 3.63) is 62.0 Å². The molecular weight excluding hydrogens is 457 g/mol. The lowest BCUT2D eigenvalue weighted by Gasteiger charge is -2.18. The molecule has 0 fully saturated rings. The first-order chi connectivity index (χ1) is 12.8. The molecule has 2 amide bonds. The van der Waals surface area contributed by atoms with Gasteiger partial charge < -0.3 is 15.7 Å². The molecule has 140 valence electrons. The van der Waals surface area contributed by atoms with Gasteiger partial charge in [0.15, 0.2) is 5.75 Å². The number of amides is 2. The zero-order chi connectivity index (χ0) is 20.0. The van der Waals surface area contributed by atoms with E-state index >= 15 is 0 Å². The first kappa shape index (κ1) is 21.0. The number of halogens is 3. The highest BCUT2D eigenvalue weighted by atomic mass is 79.9. The normalized spacial score (nSPS) is 11.3. The number of phenolic OH excluding ortho intramolecular Hbond substituents is 1. The summed E-state index contributed by atoms with van der Waals surface area (Å²) in [6.45, 7) is -0.194. The van der Waals surface area contributed by atoms with E-state index in [1.165, 1.54) is 12.1 Å². The van der Waals surface area contributed by atoms with E-state index < -0.39 is 17.9 Å². The summed E-state index contributed by atoms with van der Waals surface area (Å²) in [5.74, 6) is -1.23. The van der Waals surface area contributed by atoms with Gasteiger partial charge in [0, 0.05) is 16.5 Å². The first-order valence-electron chi connectivity index (χ1n) is 7.69. The average Bonchev–Trinajstić information content (AvgIpc) is 2.64. The first-order valence-corrected chi connectivity index (χ1v) is 9.24. The van der Waals surface area contributed by atoms with Crippen molar-refractivity contribution in [3.63, 3.8) is 0 Å². The number of hydrogen-bond donors (Lipinski definition) is 3. The third-order valence-electron chi connectivity index (χ3n) is 3.59. The van der Waals surface area contributed by atoms with E-state index in [9.17, 15) is 14.7 Å². The Morgan fingerprint density at radius 3 is 2.33 bits per heavy atom. The van der Waals surface area contributed by atoms with Crippen LogP contribution in [-0.2, 0) is 11.2 Å². The molecule has 9 heteroatoms. The van der Waals surface area contributed by atoms with E-state index in [0.717, 1.165) is 4.47 Å². The van der Waals surface area contributed by atoms with Crippen molar-refractivity contribution < 1.29 is 14.7 Å². The minimum atomic E-state index is -0.967. The third kappa shape index (κ3) is 5.86. The van der Waals surface area contributed by atoms with Crippen LogP contribution < -0.4 is 10.6 Å². The van der Waals surface area contributed by atoms with E-state index in [2.05, 4.69) is 26.6 Å². The smallest absolute Gasteiger partial charge is 0.251 e. The summed E-state index contributed by atoms with van der Waals surface area (Å²) in [6.07, 6.45) is 0.0687. The maximum atomic E-state index is 12.5. The second-order valence-corrected chi connectivity index (χ2v) is 7.25. The van der Waals surface area contributed by atoms with Gasteiger partial charge in [-0.25, -0.2) is 0 Å². The minimum Gasteiger partial charge on any atom is -0.505 e. The number of nitrogens with zero attached hydrogens (tertiary/aromatic N) is 1. The third-order valence-corrected chi connectivity index (χ3v) is 4.69. The van der Waals surface area contributed by atoms with Crippen molar-refractivity contribution in [2.45, 2.75) is 12.5 Å². The number of benzene rings is 2. The van der Waals surface area contributed by atoms with Crippen molar-refractivity contribution in [3.8, 4) is 11.8 Å². The molecule has 2 rings (SSSR count). The molecule has 6 nitrogen and oxygen atoms in total. The van der Waals surface area contributed by atoms with E-state index in [1.54, 1.807) is 24.3 Å². The van der Waals surface area contributed by atoms with Crippen LogP contribution in [0, 0.1) is 11.3 Å². The number of nitriles is 1. The van der Waals surface area contributed by atoms with Crippen LogP contribution in [0.15, 0.2) is 40.9 Å². The quantitative estimate of drug-likeness (QED) is 0.562. The molecule has 0 aliphatic carbocycles. The van der Waals surface area contributed by atoms with Gasteiger partial charge >= 0.3 is 0 Å². The number of carbonyl (C=O) groups excluding carboxylic acids is 2. The lowest BCUT2D eigenvalue weighted by Crippen LogP contribution is -2.48. The monoisotopic (exact) mass is 469 g/mol. The number of phenols is 1. The van der Waals surface area contributed by atoms with Crippen molar-refractivity contribution in [2.75, 3.05) is 6.54 Å². The average molecular weight is 471 g/mol. The molecule has 0 heterocycles. The van der Waals surface area contributed by atoms with E-state index in [-0.39, 0.29) is 28.8 Å². The predicted octanol–water partition coefficient (Wildman–Crippen LogP) is 3.44. The van der Waals surface area contributed by atoms with Gasteiger partial charge in [-0.05, 0) is 42.0 Å². The summed E-state index contributed by atoms with van der Waals surface area (Å²) in [6, 6.07) is 10.4. The molecule has 0 aliphatic rings. The summed E-state index contributed by atoms with van der Waals surface area (Å²) in [5.41, 5.74) is 0.911. The summed E-state index contributed by atoms with van der Waals surface area (Å²) in [5, 5.41) is 23.4. The SMILES string of the molecule is N#CCNC(=O)[C@H](Cc1cc(Cl)c(O)c(Cl)c1)NC(=O)c1ccc(Br)cc1. The molecule has 0 radical (unpaired) electrons. The fraction of sp³-hybridized carbons (Fsp3) is 0.167. The molecule has 0 aliphatic heterocycles. The molecule has 1 atom stereocenters. The number of nitrogens with one attached hydrogen (secondary N) is 2. The fourth-order valence-corrected chi connectivity index (χ4v) is 3.07. The highest BCUT2D eigenvalue weighted by molar-refractivity contribution is 9.10. The summed E-state index contributed by atoms with van der Waals surface area (Å²) >= 11 is 15.1. The van der Waals surface area contributed by atoms with Gasteiger partial charge in [0.05, 0.1) is 16.1 Å². The molecule has 0 aromatic heterocycles. The van der Waals surface area contributed by atoms with E-state index in [4.69, 9.17) is 28.5 Å². The molecule has 3 N–H and O–H groups in total.